The number of carbonyl (C=O) groups excluding carboxylic acids is 1. The summed E-state index contributed by atoms with van der Waals surface area (Å²) in [4.78, 5) is 40.5. The molecule has 4 rings (SSSR count). The van der Waals surface area contributed by atoms with E-state index in [0.717, 1.165) is 25.9 Å². The van der Waals surface area contributed by atoms with Gasteiger partial charge in [0, 0.05) is 31.4 Å². The number of aromatic amines is 1. The van der Waals surface area contributed by atoms with E-state index in [2.05, 4.69) is 15.0 Å². The number of pyridine rings is 1. The molecule has 4 heterocycles. The first-order valence-corrected chi connectivity index (χ1v) is 8.80. The Morgan fingerprint density at radius 3 is 2.68 bits per heavy atom. The number of piperidine rings is 1. The Labute approximate surface area is 145 Å². The van der Waals surface area contributed by atoms with Crippen molar-refractivity contribution in [2.24, 2.45) is 0 Å². The quantitative estimate of drug-likeness (QED) is 0.859. The highest BCUT2D eigenvalue weighted by molar-refractivity contribution is 5.75. The standard InChI is InChI=1S/C18H21N5O2/c24-17-13-7-11-23(18(25)22-9-4-1-5-10-22)12-15(13)20-16(21-17)14-6-2-3-8-19-14/h2-3,6,8H,1,4-5,7,9-12H2,(H,20,21,24). The second-order valence-electron chi connectivity index (χ2n) is 6.56. The Hall–Kier alpha value is -2.70. The molecule has 2 aromatic rings. The van der Waals surface area contributed by atoms with Crippen molar-refractivity contribution in [1.82, 2.24) is 24.8 Å². The number of likely N-dealkylation sites (tertiary alicyclic amines) is 1. The van der Waals surface area contributed by atoms with Crippen molar-refractivity contribution in [3.05, 3.63) is 46.0 Å². The van der Waals surface area contributed by atoms with Gasteiger partial charge in [-0.25, -0.2) is 9.78 Å². The van der Waals surface area contributed by atoms with Crippen LogP contribution in [0, 0.1) is 0 Å². The van der Waals surface area contributed by atoms with Crippen molar-refractivity contribution in [2.75, 3.05) is 19.6 Å². The summed E-state index contributed by atoms with van der Waals surface area (Å²) in [5.41, 5.74) is 1.86. The van der Waals surface area contributed by atoms with Crippen LogP contribution in [0.15, 0.2) is 29.2 Å². The first kappa shape index (κ1) is 15.8. The predicted octanol–water partition coefficient (Wildman–Crippen LogP) is 1.80. The molecule has 0 atom stereocenters. The molecule has 7 nitrogen and oxygen atoms in total. The van der Waals surface area contributed by atoms with Crippen LogP contribution in [0.2, 0.25) is 0 Å². The highest BCUT2D eigenvalue weighted by atomic mass is 16.2. The molecule has 0 saturated carbocycles. The van der Waals surface area contributed by atoms with Gasteiger partial charge in [-0.15, -0.1) is 0 Å². The third-order valence-electron chi connectivity index (χ3n) is 4.88. The van der Waals surface area contributed by atoms with Crippen LogP contribution < -0.4 is 5.56 Å². The third kappa shape index (κ3) is 3.14. The van der Waals surface area contributed by atoms with E-state index < -0.39 is 0 Å². The van der Waals surface area contributed by atoms with Crippen LogP contribution in [0.25, 0.3) is 11.5 Å². The summed E-state index contributed by atoms with van der Waals surface area (Å²) in [6.45, 7) is 2.60. The minimum atomic E-state index is -0.129. The fraction of sp³-hybridized carbons (Fsp3) is 0.444. The molecule has 1 N–H and O–H groups in total. The lowest BCUT2D eigenvalue weighted by Crippen LogP contribution is -2.48. The third-order valence-corrected chi connectivity index (χ3v) is 4.88. The molecule has 1 fully saturated rings. The molecule has 25 heavy (non-hydrogen) atoms. The van der Waals surface area contributed by atoms with Gasteiger partial charge in [-0.05, 0) is 37.8 Å². The number of aromatic nitrogens is 3. The van der Waals surface area contributed by atoms with Gasteiger partial charge in [0.25, 0.3) is 5.56 Å². The first-order valence-electron chi connectivity index (χ1n) is 8.80. The van der Waals surface area contributed by atoms with E-state index in [4.69, 9.17) is 0 Å². The molecule has 0 radical (unpaired) electrons. The maximum absolute atomic E-state index is 12.7. The van der Waals surface area contributed by atoms with Gasteiger partial charge in [0.1, 0.15) is 5.69 Å². The Kier molecular flexibility index (Phi) is 4.21. The lowest BCUT2D eigenvalue weighted by atomic mass is 10.1. The van der Waals surface area contributed by atoms with Crippen LogP contribution in [0.1, 0.15) is 30.5 Å². The number of rotatable bonds is 1. The van der Waals surface area contributed by atoms with Crippen LogP contribution in [0.4, 0.5) is 4.79 Å². The van der Waals surface area contributed by atoms with E-state index in [1.54, 1.807) is 6.20 Å². The molecule has 0 unspecified atom stereocenters. The number of H-pyrrole nitrogens is 1. The number of urea groups is 1. The van der Waals surface area contributed by atoms with Crippen LogP contribution in [-0.2, 0) is 13.0 Å². The Balaban J connectivity index is 1.60. The monoisotopic (exact) mass is 339 g/mol. The number of nitrogens with zero attached hydrogens (tertiary/aromatic N) is 4. The number of carbonyl (C=O) groups is 1. The summed E-state index contributed by atoms with van der Waals surface area (Å²) in [5.74, 6) is 0.455. The van der Waals surface area contributed by atoms with E-state index in [0.29, 0.717) is 42.3 Å². The second-order valence-corrected chi connectivity index (χ2v) is 6.56. The lowest BCUT2D eigenvalue weighted by Gasteiger charge is -2.35. The minimum Gasteiger partial charge on any atom is -0.325 e. The van der Waals surface area contributed by atoms with Crippen molar-refractivity contribution in [3.63, 3.8) is 0 Å². The summed E-state index contributed by atoms with van der Waals surface area (Å²) in [6.07, 6.45) is 5.54. The van der Waals surface area contributed by atoms with Crippen LogP contribution in [0.3, 0.4) is 0 Å². The van der Waals surface area contributed by atoms with Crippen LogP contribution >= 0.6 is 0 Å². The summed E-state index contributed by atoms with van der Waals surface area (Å²) in [6, 6.07) is 5.55. The fourth-order valence-electron chi connectivity index (χ4n) is 3.51. The highest BCUT2D eigenvalue weighted by Gasteiger charge is 2.28. The zero-order valence-corrected chi connectivity index (χ0v) is 14.1. The number of amides is 2. The van der Waals surface area contributed by atoms with Gasteiger partial charge < -0.3 is 14.8 Å². The molecule has 130 valence electrons. The zero-order valence-electron chi connectivity index (χ0n) is 14.1. The van der Waals surface area contributed by atoms with Crippen LogP contribution in [0.5, 0.6) is 0 Å². The number of hydrogen-bond acceptors (Lipinski definition) is 4. The smallest absolute Gasteiger partial charge is 0.320 e. The van der Waals surface area contributed by atoms with E-state index in [1.165, 1.54) is 6.42 Å². The van der Waals surface area contributed by atoms with Gasteiger partial charge in [0.15, 0.2) is 5.82 Å². The normalized spacial score (nSPS) is 17.3. The molecule has 2 aromatic heterocycles. The SMILES string of the molecule is O=C(N1CCCCC1)N1CCc2c(nc(-c3ccccn3)[nH]c2=O)C1. The van der Waals surface area contributed by atoms with E-state index in [1.807, 2.05) is 28.0 Å². The largest absolute Gasteiger partial charge is 0.325 e. The minimum absolute atomic E-state index is 0.0619. The lowest BCUT2D eigenvalue weighted by molar-refractivity contribution is 0.138. The van der Waals surface area contributed by atoms with E-state index >= 15 is 0 Å². The Morgan fingerprint density at radius 2 is 1.92 bits per heavy atom. The maximum atomic E-state index is 12.7. The van der Waals surface area contributed by atoms with Crippen molar-refractivity contribution in [3.8, 4) is 11.5 Å². The highest BCUT2D eigenvalue weighted by Crippen LogP contribution is 2.20. The molecular formula is C18H21N5O2. The van der Waals surface area contributed by atoms with Gasteiger partial charge in [-0.3, -0.25) is 9.78 Å². The summed E-state index contributed by atoms with van der Waals surface area (Å²) in [5, 5.41) is 0. The average Bonchev–Trinajstić information content (AvgIpc) is 2.68. The fourth-order valence-corrected chi connectivity index (χ4v) is 3.51. The van der Waals surface area contributed by atoms with Crippen molar-refractivity contribution >= 4 is 6.03 Å². The molecule has 0 bridgehead atoms. The maximum Gasteiger partial charge on any atom is 0.320 e. The van der Waals surface area contributed by atoms with Gasteiger partial charge >= 0.3 is 6.03 Å². The number of hydrogen-bond donors (Lipinski definition) is 1. The molecule has 7 heteroatoms. The van der Waals surface area contributed by atoms with Gasteiger partial charge in [-0.1, -0.05) is 6.07 Å². The van der Waals surface area contributed by atoms with Crippen molar-refractivity contribution in [2.45, 2.75) is 32.2 Å². The average molecular weight is 339 g/mol. The summed E-state index contributed by atoms with van der Waals surface area (Å²) in [7, 11) is 0. The van der Waals surface area contributed by atoms with Crippen LogP contribution in [-0.4, -0.2) is 50.4 Å². The zero-order chi connectivity index (χ0) is 17.2. The number of fused-ring (bicyclic) bond motifs is 1. The molecule has 0 spiro atoms. The molecule has 0 aliphatic carbocycles. The Bertz CT molecular complexity index is 827. The number of nitrogens with one attached hydrogen (secondary N) is 1. The second kappa shape index (κ2) is 6.66. The van der Waals surface area contributed by atoms with Gasteiger partial charge in [0.05, 0.1) is 12.2 Å². The molecule has 2 aliphatic heterocycles. The summed E-state index contributed by atoms with van der Waals surface area (Å²) < 4.78 is 0. The Morgan fingerprint density at radius 1 is 1.08 bits per heavy atom. The van der Waals surface area contributed by atoms with Gasteiger partial charge in [0.2, 0.25) is 0 Å². The summed E-state index contributed by atoms with van der Waals surface area (Å²) >= 11 is 0. The van der Waals surface area contributed by atoms with Gasteiger partial charge in [-0.2, -0.15) is 0 Å². The van der Waals surface area contributed by atoms with Crippen molar-refractivity contribution < 1.29 is 4.79 Å². The topological polar surface area (TPSA) is 82.2 Å². The molecule has 2 aliphatic rings. The molecule has 1 saturated heterocycles. The molecule has 2 amide bonds. The predicted molar refractivity (Wildman–Crippen MR) is 93.0 cm³/mol. The van der Waals surface area contributed by atoms with E-state index in [-0.39, 0.29) is 11.6 Å². The molecular weight excluding hydrogens is 318 g/mol. The van der Waals surface area contributed by atoms with Crippen molar-refractivity contribution in [1.29, 1.82) is 0 Å². The first-order chi connectivity index (χ1) is 12.2. The molecule has 0 aromatic carbocycles. The van der Waals surface area contributed by atoms with E-state index in [9.17, 15) is 9.59 Å².